The van der Waals surface area contributed by atoms with Crippen molar-refractivity contribution < 1.29 is 23.2 Å². The number of amides is 3. The van der Waals surface area contributed by atoms with Crippen LogP contribution in [-0.2, 0) is 9.59 Å². The van der Waals surface area contributed by atoms with Gasteiger partial charge in [-0.1, -0.05) is 0 Å². The number of hydrogen-bond acceptors (Lipinski definition) is 4. The summed E-state index contributed by atoms with van der Waals surface area (Å²) in [6.45, 7) is 1.75. The Labute approximate surface area is 149 Å². The molecule has 1 aromatic heterocycles. The molecule has 2 aromatic rings. The van der Waals surface area contributed by atoms with E-state index in [1.54, 1.807) is 6.07 Å². The highest BCUT2D eigenvalue weighted by Crippen LogP contribution is 2.24. The number of likely N-dealkylation sites (tertiary alicyclic amines) is 1. The maximum atomic E-state index is 14.0. The van der Waals surface area contributed by atoms with Gasteiger partial charge in [-0.2, -0.15) is 0 Å². The Bertz CT molecular complexity index is 835. The largest absolute Gasteiger partial charge is 0.459 e. The van der Waals surface area contributed by atoms with Crippen LogP contribution < -0.4 is 10.6 Å². The van der Waals surface area contributed by atoms with Crippen LogP contribution in [0.15, 0.2) is 41.0 Å². The summed E-state index contributed by atoms with van der Waals surface area (Å²) in [4.78, 5) is 37.6. The molecule has 26 heavy (non-hydrogen) atoms. The molecule has 0 bridgehead atoms. The van der Waals surface area contributed by atoms with Gasteiger partial charge in [-0.3, -0.25) is 14.4 Å². The molecule has 2 heterocycles. The quantitative estimate of drug-likeness (QED) is 0.878. The molecule has 1 unspecified atom stereocenters. The fourth-order valence-corrected chi connectivity index (χ4v) is 2.94. The molecular weight excluding hydrogens is 341 g/mol. The van der Waals surface area contributed by atoms with E-state index in [0.717, 1.165) is 6.07 Å². The first-order valence-electron chi connectivity index (χ1n) is 8.18. The van der Waals surface area contributed by atoms with Crippen LogP contribution in [-0.4, -0.2) is 35.2 Å². The van der Waals surface area contributed by atoms with E-state index in [9.17, 15) is 18.8 Å². The molecule has 1 atom stereocenters. The summed E-state index contributed by atoms with van der Waals surface area (Å²) in [5, 5.41) is 5.03. The lowest BCUT2D eigenvalue weighted by molar-refractivity contribution is -0.119. The van der Waals surface area contributed by atoms with Crippen molar-refractivity contribution in [3.63, 3.8) is 0 Å². The molecule has 1 aliphatic heterocycles. The van der Waals surface area contributed by atoms with Gasteiger partial charge in [0.05, 0.1) is 12.0 Å². The molecular formula is C18H18FN3O4. The van der Waals surface area contributed by atoms with Crippen LogP contribution in [0.4, 0.5) is 15.8 Å². The number of carbonyl (C=O) groups is 3. The topological polar surface area (TPSA) is 91.7 Å². The highest BCUT2D eigenvalue weighted by atomic mass is 19.1. The second-order valence-electron chi connectivity index (χ2n) is 6.00. The van der Waals surface area contributed by atoms with Crippen molar-refractivity contribution in [3.05, 3.63) is 48.2 Å². The zero-order chi connectivity index (χ0) is 18.7. The lowest BCUT2D eigenvalue weighted by Crippen LogP contribution is -2.43. The molecule has 1 aliphatic rings. The summed E-state index contributed by atoms with van der Waals surface area (Å²) < 4.78 is 19.1. The molecule has 1 aromatic carbocycles. The fourth-order valence-electron chi connectivity index (χ4n) is 2.94. The minimum Gasteiger partial charge on any atom is -0.459 e. The average molecular weight is 359 g/mol. The van der Waals surface area contributed by atoms with Crippen LogP contribution in [0.25, 0.3) is 0 Å². The number of carbonyl (C=O) groups excluding carboxylic acids is 3. The Hall–Kier alpha value is -3.16. The predicted octanol–water partition coefficient (Wildman–Crippen LogP) is 2.62. The SMILES string of the molecule is CC(=O)Nc1ccc(F)c(NC(=O)C2CCCN2C(=O)c2ccco2)c1. The van der Waals surface area contributed by atoms with E-state index in [1.165, 1.54) is 36.3 Å². The van der Waals surface area contributed by atoms with Crippen LogP contribution in [0, 0.1) is 5.82 Å². The van der Waals surface area contributed by atoms with E-state index in [1.807, 2.05) is 0 Å². The molecule has 0 aliphatic carbocycles. The molecule has 1 fully saturated rings. The van der Waals surface area contributed by atoms with Gasteiger partial charge in [-0.25, -0.2) is 4.39 Å². The van der Waals surface area contributed by atoms with Gasteiger partial charge in [0.15, 0.2) is 5.76 Å². The first-order chi connectivity index (χ1) is 12.5. The standard InChI is InChI=1S/C18H18FN3O4/c1-11(23)20-12-6-7-13(19)14(10-12)21-17(24)15-4-2-8-22(15)18(25)16-5-3-9-26-16/h3,5-7,9-10,15H,2,4,8H2,1H3,(H,20,23)(H,21,24). The Kier molecular flexibility index (Phi) is 5.01. The van der Waals surface area contributed by atoms with Gasteiger partial charge in [0, 0.05) is 19.2 Å². The fraction of sp³-hybridized carbons (Fsp3) is 0.278. The number of anilines is 2. The number of rotatable bonds is 4. The van der Waals surface area contributed by atoms with E-state index in [-0.39, 0.29) is 23.3 Å². The van der Waals surface area contributed by atoms with Crippen molar-refractivity contribution in [2.45, 2.75) is 25.8 Å². The second-order valence-corrected chi connectivity index (χ2v) is 6.00. The van der Waals surface area contributed by atoms with Crippen molar-refractivity contribution in [1.82, 2.24) is 4.90 Å². The predicted molar refractivity (Wildman–Crippen MR) is 92.1 cm³/mol. The highest BCUT2D eigenvalue weighted by Gasteiger charge is 2.35. The van der Waals surface area contributed by atoms with Gasteiger partial charge in [-0.15, -0.1) is 0 Å². The molecule has 1 saturated heterocycles. The summed E-state index contributed by atoms with van der Waals surface area (Å²) in [5.74, 6) is -1.64. The van der Waals surface area contributed by atoms with E-state index in [2.05, 4.69) is 10.6 Å². The Morgan fingerprint density at radius 3 is 2.73 bits per heavy atom. The third-order valence-corrected chi connectivity index (χ3v) is 4.09. The van der Waals surface area contributed by atoms with Gasteiger partial charge in [-0.05, 0) is 43.2 Å². The van der Waals surface area contributed by atoms with Crippen LogP contribution in [0.5, 0.6) is 0 Å². The Morgan fingerprint density at radius 2 is 2.04 bits per heavy atom. The smallest absolute Gasteiger partial charge is 0.290 e. The summed E-state index contributed by atoms with van der Waals surface area (Å²) in [6, 6.07) is 6.31. The highest BCUT2D eigenvalue weighted by molar-refractivity contribution is 6.01. The molecule has 136 valence electrons. The minimum atomic E-state index is -0.712. The third kappa shape index (κ3) is 3.74. The number of furan rings is 1. The monoisotopic (exact) mass is 359 g/mol. The number of benzene rings is 1. The number of hydrogen-bond donors (Lipinski definition) is 2. The third-order valence-electron chi connectivity index (χ3n) is 4.09. The van der Waals surface area contributed by atoms with Crippen LogP contribution in [0.2, 0.25) is 0 Å². The Balaban J connectivity index is 1.75. The van der Waals surface area contributed by atoms with Crippen molar-refractivity contribution in [2.24, 2.45) is 0 Å². The second kappa shape index (κ2) is 7.38. The molecule has 3 rings (SSSR count). The van der Waals surface area contributed by atoms with Crippen LogP contribution in [0.1, 0.15) is 30.3 Å². The molecule has 0 saturated carbocycles. The maximum absolute atomic E-state index is 14.0. The van der Waals surface area contributed by atoms with Crippen molar-refractivity contribution >= 4 is 29.1 Å². The van der Waals surface area contributed by atoms with Gasteiger partial charge >= 0.3 is 0 Å². The van der Waals surface area contributed by atoms with Crippen LogP contribution in [0.3, 0.4) is 0 Å². The van der Waals surface area contributed by atoms with Gasteiger partial charge in [0.1, 0.15) is 11.9 Å². The minimum absolute atomic E-state index is 0.0569. The lowest BCUT2D eigenvalue weighted by atomic mass is 10.2. The van der Waals surface area contributed by atoms with Gasteiger partial charge in [0.25, 0.3) is 5.91 Å². The lowest BCUT2D eigenvalue weighted by Gasteiger charge is -2.23. The van der Waals surface area contributed by atoms with E-state index in [4.69, 9.17) is 4.42 Å². The molecule has 3 amide bonds. The van der Waals surface area contributed by atoms with E-state index in [0.29, 0.717) is 25.1 Å². The van der Waals surface area contributed by atoms with Gasteiger partial charge < -0.3 is 20.0 Å². The van der Waals surface area contributed by atoms with E-state index >= 15 is 0 Å². The molecule has 7 nitrogen and oxygen atoms in total. The summed E-state index contributed by atoms with van der Waals surface area (Å²) in [5.41, 5.74) is 0.308. The normalized spacial score (nSPS) is 16.4. The van der Waals surface area contributed by atoms with Crippen molar-refractivity contribution in [1.29, 1.82) is 0 Å². The Morgan fingerprint density at radius 1 is 1.23 bits per heavy atom. The van der Waals surface area contributed by atoms with Gasteiger partial charge in [0.2, 0.25) is 11.8 Å². The van der Waals surface area contributed by atoms with Crippen molar-refractivity contribution in [2.75, 3.05) is 17.2 Å². The average Bonchev–Trinajstić information content (AvgIpc) is 3.28. The zero-order valence-electron chi connectivity index (χ0n) is 14.1. The maximum Gasteiger partial charge on any atom is 0.290 e. The molecule has 0 radical (unpaired) electrons. The van der Waals surface area contributed by atoms with Crippen molar-refractivity contribution in [3.8, 4) is 0 Å². The van der Waals surface area contributed by atoms with Crippen LogP contribution >= 0.6 is 0 Å². The first kappa shape index (κ1) is 17.7. The molecule has 2 N–H and O–H groups in total. The number of halogens is 1. The van der Waals surface area contributed by atoms with E-state index < -0.39 is 17.8 Å². The number of nitrogens with zero attached hydrogens (tertiary/aromatic N) is 1. The summed E-state index contributed by atoms with van der Waals surface area (Å²) in [7, 11) is 0. The summed E-state index contributed by atoms with van der Waals surface area (Å²) in [6.07, 6.45) is 2.53. The first-order valence-corrected chi connectivity index (χ1v) is 8.18. The molecule has 8 heteroatoms. The number of nitrogens with one attached hydrogen (secondary N) is 2. The zero-order valence-corrected chi connectivity index (χ0v) is 14.1. The summed E-state index contributed by atoms with van der Waals surface area (Å²) >= 11 is 0. The molecule has 0 spiro atoms.